The average molecular weight is 214 g/mol. The molecule has 0 bridgehead atoms. The van der Waals surface area contributed by atoms with E-state index in [0.29, 0.717) is 11.8 Å². The number of unbranched alkanes of at least 4 members (excludes halogenated alkanes) is 4. The summed E-state index contributed by atoms with van der Waals surface area (Å²) in [6.07, 6.45) is 8.50. The highest BCUT2D eigenvalue weighted by atomic mass is 16.4. The van der Waals surface area contributed by atoms with Crippen molar-refractivity contribution in [3.63, 3.8) is 0 Å². The number of carboxylic acids is 1. The molecule has 0 saturated carbocycles. The van der Waals surface area contributed by atoms with Crippen molar-refractivity contribution in [3.05, 3.63) is 0 Å². The molecule has 0 aromatic heterocycles. The number of carbonyl (C=O) groups is 1. The van der Waals surface area contributed by atoms with Gasteiger partial charge in [-0.3, -0.25) is 4.79 Å². The zero-order chi connectivity index (χ0) is 11.7. The SMILES string of the molecule is CCC(C)(C)CCCCCCCC(=O)O. The van der Waals surface area contributed by atoms with E-state index in [1.165, 1.54) is 32.1 Å². The number of aliphatic carboxylic acids is 1. The lowest BCUT2D eigenvalue weighted by Crippen LogP contribution is -2.08. The minimum absolute atomic E-state index is 0.334. The molecule has 0 aromatic rings. The smallest absolute Gasteiger partial charge is 0.303 e. The maximum absolute atomic E-state index is 10.3. The summed E-state index contributed by atoms with van der Waals surface area (Å²) in [6.45, 7) is 6.88. The van der Waals surface area contributed by atoms with Crippen molar-refractivity contribution in [1.82, 2.24) is 0 Å². The molecule has 90 valence electrons. The van der Waals surface area contributed by atoms with Gasteiger partial charge >= 0.3 is 5.97 Å². The second kappa shape index (κ2) is 7.72. The monoisotopic (exact) mass is 214 g/mol. The Labute approximate surface area is 94.1 Å². The first-order chi connectivity index (χ1) is 6.98. The Hall–Kier alpha value is -0.530. The third kappa shape index (κ3) is 9.77. The first kappa shape index (κ1) is 14.5. The van der Waals surface area contributed by atoms with Crippen LogP contribution >= 0.6 is 0 Å². The maximum Gasteiger partial charge on any atom is 0.303 e. The van der Waals surface area contributed by atoms with Gasteiger partial charge in [-0.2, -0.15) is 0 Å². The number of rotatable bonds is 9. The zero-order valence-corrected chi connectivity index (χ0v) is 10.5. The minimum atomic E-state index is -0.665. The molecule has 0 saturated heterocycles. The molecule has 0 aliphatic carbocycles. The van der Waals surface area contributed by atoms with Crippen LogP contribution in [0.3, 0.4) is 0 Å². The zero-order valence-electron chi connectivity index (χ0n) is 10.5. The van der Waals surface area contributed by atoms with Gasteiger partial charge in [0.1, 0.15) is 0 Å². The van der Waals surface area contributed by atoms with Gasteiger partial charge < -0.3 is 5.11 Å². The highest BCUT2D eigenvalue weighted by Crippen LogP contribution is 2.27. The van der Waals surface area contributed by atoms with Crippen molar-refractivity contribution in [2.75, 3.05) is 0 Å². The Balaban J connectivity index is 3.22. The molecule has 0 radical (unpaired) electrons. The van der Waals surface area contributed by atoms with Crippen LogP contribution in [-0.2, 0) is 4.79 Å². The Morgan fingerprint density at radius 3 is 2.13 bits per heavy atom. The van der Waals surface area contributed by atoms with Gasteiger partial charge in [-0.25, -0.2) is 0 Å². The lowest BCUT2D eigenvalue weighted by atomic mass is 9.84. The fraction of sp³-hybridized carbons (Fsp3) is 0.923. The van der Waals surface area contributed by atoms with Gasteiger partial charge in [0.05, 0.1) is 0 Å². The van der Waals surface area contributed by atoms with Gasteiger partial charge in [0.25, 0.3) is 0 Å². The summed E-state index contributed by atoms with van der Waals surface area (Å²) in [5, 5.41) is 8.45. The summed E-state index contributed by atoms with van der Waals surface area (Å²) in [6, 6.07) is 0. The van der Waals surface area contributed by atoms with Gasteiger partial charge in [-0.1, -0.05) is 52.9 Å². The second-order valence-electron chi connectivity index (χ2n) is 5.18. The summed E-state index contributed by atoms with van der Waals surface area (Å²) in [4.78, 5) is 10.3. The molecule has 2 nitrogen and oxygen atoms in total. The molecular weight excluding hydrogens is 188 g/mol. The topological polar surface area (TPSA) is 37.3 Å². The number of hydrogen-bond acceptors (Lipinski definition) is 1. The second-order valence-corrected chi connectivity index (χ2v) is 5.18. The highest BCUT2D eigenvalue weighted by Gasteiger charge is 2.13. The van der Waals surface area contributed by atoms with E-state index in [1.807, 2.05) is 0 Å². The molecule has 0 aromatic carbocycles. The van der Waals surface area contributed by atoms with Crippen molar-refractivity contribution in [2.24, 2.45) is 5.41 Å². The van der Waals surface area contributed by atoms with Gasteiger partial charge in [0, 0.05) is 6.42 Å². The Morgan fingerprint density at radius 1 is 1.07 bits per heavy atom. The standard InChI is InChI=1S/C13H26O2/c1-4-13(2,3)11-9-7-5-6-8-10-12(14)15/h4-11H2,1-3H3,(H,14,15). The molecule has 0 unspecified atom stereocenters. The van der Waals surface area contributed by atoms with Crippen LogP contribution in [0.25, 0.3) is 0 Å². The molecule has 0 heterocycles. The fourth-order valence-corrected chi connectivity index (χ4v) is 1.59. The molecule has 1 N–H and O–H groups in total. The molecular formula is C13H26O2. The van der Waals surface area contributed by atoms with Crippen LogP contribution in [0.1, 0.15) is 72.1 Å². The van der Waals surface area contributed by atoms with Crippen LogP contribution in [0.2, 0.25) is 0 Å². The number of carboxylic acid groups (broad SMARTS) is 1. The van der Waals surface area contributed by atoms with Crippen molar-refractivity contribution >= 4 is 5.97 Å². The van der Waals surface area contributed by atoms with Crippen LogP contribution in [-0.4, -0.2) is 11.1 Å². The van der Waals surface area contributed by atoms with Gasteiger partial charge in [0.2, 0.25) is 0 Å². The van der Waals surface area contributed by atoms with E-state index < -0.39 is 5.97 Å². The van der Waals surface area contributed by atoms with Crippen LogP contribution in [0, 0.1) is 5.41 Å². The highest BCUT2D eigenvalue weighted by molar-refractivity contribution is 5.66. The van der Waals surface area contributed by atoms with Crippen LogP contribution in [0.5, 0.6) is 0 Å². The fourth-order valence-electron chi connectivity index (χ4n) is 1.59. The Bertz CT molecular complexity index is 173. The minimum Gasteiger partial charge on any atom is -0.481 e. The summed E-state index contributed by atoms with van der Waals surface area (Å²) in [7, 11) is 0. The van der Waals surface area contributed by atoms with Crippen LogP contribution in [0.4, 0.5) is 0 Å². The molecule has 0 atom stereocenters. The van der Waals surface area contributed by atoms with E-state index >= 15 is 0 Å². The van der Waals surface area contributed by atoms with Crippen molar-refractivity contribution in [3.8, 4) is 0 Å². The van der Waals surface area contributed by atoms with Crippen LogP contribution in [0.15, 0.2) is 0 Å². The van der Waals surface area contributed by atoms with Crippen molar-refractivity contribution < 1.29 is 9.90 Å². The third-order valence-corrected chi connectivity index (χ3v) is 3.20. The molecule has 0 aliphatic heterocycles. The van der Waals surface area contributed by atoms with Crippen molar-refractivity contribution in [2.45, 2.75) is 72.1 Å². The third-order valence-electron chi connectivity index (χ3n) is 3.20. The van der Waals surface area contributed by atoms with Gasteiger partial charge in [0.15, 0.2) is 0 Å². The molecule has 0 fully saturated rings. The molecule has 0 aliphatic rings. The average Bonchev–Trinajstić information content (AvgIpc) is 2.16. The molecule has 0 spiro atoms. The first-order valence-electron chi connectivity index (χ1n) is 6.20. The Kier molecular flexibility index (Phi) is 7.45. The summed E-state index contributed by atoms with van der Waals surface area (Å²) >= 11 is 0. The summed E-state index contributed by atoms with van der Waals surface area (Å²) in [5.41, 5.74) is 0.487. The van der Waals surface area contributed by atoms with E-state index in [9.17, 15) is 4.79 Å². The van der Waals surface area contributed by atoms with E-state index in [4.69, 9.17) is 5.11 Å². The first-order valence-corrected chi connectivity index (χ1v) is 6.20. The largest absolute Gasteiger partial charge is 0.481 e. The predicted octanol–water partition coefficient (Wildman–Crippen LogP) is 4.24. The molecule has 0 amide bonds. The lowest BCUT2D eigenvalue weighted by Gasteiger charge is -2.22. The van der Waals surface area contributed by atoms with Gasteiger partial charge in [-0.15, -0.1) is 0 Å². The van der Waals surface area contributed by atoms with Gasteiger partial charge in [-0.05, 0) is 18.3 Å². The maximum atomic E-state index is 10.3. The van der Waals surface area contributed by atoms with Crippen LogP contribution < -0.4 is 0 Å². The van der Waals surface area contributed by atoms with E-state index in [0.717, 1.165) is 12.8 Å². The van der Waals surface area contributed by atoms with E-state index in [1.54, 1.807) is 0 Å². The summed E-state index contributed by atoms with van der Waals surface area (Å²) in [5.74, 6) is -0.665. The number of hydrogen-bond donors (Lipinski definition) is 1. The lowest BCUT2D eigenvalue weighted by molar-refractivity contribution is -0.137. The molecule has 0 rings (SSSR count). The molecule has 2 heteroatoms. The van der Waals surface area contributed by atoms with E-state index in [2.05, 4.69) is 20.8 Å². The Morgan fingerprint density at radius 2 is 1.60 bits per heavy atom. The normalized spacial score (nSPS) is 11.7. The summed E-state index contributed by atoms with van der Waals surface area (Å²) < 4.78 is 0. The van der Waals surface area contributed by atoms with E-state index in [-0.39, 0.29) is 0 Å². The molecule has 15 heavy (non-hydrogen) atoms. The predicted molar refractivity (Wildman–Crippen MR) is 64.0 cm³/mol. The quantitative estimate of drug-likeness (QED) is 0.583. The van der Waals surface area contributed by atoms with Crippen molar-refractivity contribution in [1.29, 1.82) is 0 Å².